The standard InChI is InChI=1S/C15H20/c1-6-8-15-13(7-2)12(5)9-10-14(15)11(3)4/h6-11H,2H2,1,3-5H3/b8-6-. The first-order valence-electron chi connectivity index (χ1n) is 5.50. The minimum Gasteiger partial charge on any atom is -0.0984 e. The van der Waals surface area contributed by atoms with Gasteiger partial charge in [-0.05, 0) is 42.0 Å². The van der Waals surface area contributed by atoms with Crippen LogP contribution in [0.3, 0.4) is 0 Å². The molecular formula is C15H20. The Morgan fingerprint density at radius 1 is 1.20 bits per heavy atom. The molecule has 0 atom stereocenters. The molecule has 0 spiro atoms. The summed E-state index contributed by atoms with van der Waals surface area (Å²) >= 11 is 0. The zero-order valence-corrected chi connectivity index (χ0v) is 10.2. The van der Waals surface area contributed by atoms with E-state index in [1.807, 2.05) is 6.08 Å². The molecule has 0 saturated heterocycles. The molecule has 1 rings (SSSR count). The summed E-state index contributed by atoms with van der Waals surface area (Å²) in [6.45, 7) is 12.5. The predicted octanol–water partition coefficient (Wildman–Crippen LogP) is 4.79. The molecule has 15 heavy (non-hydrogen) atoms. The maximum atomic E-state index is 3.90. The second-order valence-electron chi connectivity index (χ2n) is 4.16. The summed E-state index contributed by atoms with van der Waals surface area (Å²) in [5, 5.41) is 0. The van der Waals surface area contributed by atoms with E-state index in [4.69, 9.17) is 0 Å². The van der Waals surface area contributed by atoms with Crippen molar-refractivity contribution in [2.45, 2.75) is 33.6 Å². The van der Waals surface area contributed by atoms with Crippen LogP contribution in [0.25, 0.3) is 12.2 Å². The molecule has 1 aromatic rings. The van der Waals surface area contributed by atoms with Gasteiger partial charge < -0.3 is 0 Å². The summed E-state index contributed by atoms with van der Waals surface area (Å²) in [7, 11) is 0. The van der Waals surface area contributed by atoms with E-state index in [0.29, 0.717) is 5.92 Å². The molecule has 0 aliphatic rings. The van der Waals surface area contributed by atoms with Crippen LogP contribution in [0.15, 0.2) is 24.8 Å². The minimum atomic E-state index is 0.551. The largest absolute Gasteiger partial charge is 0.0984 e. The lowest BCUT2D eigenvalue weighted by Gasteiger charge is -2.14. The van der Waals surface area contributed by atoms with Gasteiger partial charge in [0.25, 0.3) is 0 Å². The number of hydrogen-bond donors (Lipinski definition) is 0. The molecule has 0 aliphatic carbocycles. The highest BCUT2D eigenvalue weighted by molar-refractivity contribution is 5.70. The highest BCUT2D eigenvalue weighted by Crippen LogP contribution is 2.27. The second kappa shape index (κ2) is 4.97. The molecule has 0 heterocycles. The minimum absolute atomic E-state index is 0.551. The highest BCUT2D eigenvalue weighted by atomic mass is 14.1. The van der Waals surface area contributed by atoms with Crippen LogP contribution >= 0.6 is 0 Å². The SMILES string of the molecule is C=Cc1c(C)ccc(C(C)C)c1/C=C\C. The molecule has 0 fully saturated rings. The quantitative estimate of drug-likeness (QED) is 0.657. The molecule has 0 nitrogen and oxygen atoms in total. The van der Waals surface area contributed by atoms with Gasteiger partial charge in [-0.25, -0.2) is 0 Å². The van der Waals surface area contributed by atoms with Gasteiger partial charge in [-0.1, -0.05) is 50.8 Å². The number of hydrogen-bond acceptors (Lipinski definition) is 0. The highest BCUT2D eigenvalue weighted by Gasteiger charge is 2.08. The van der Waals surface area contributed by atoms with Crippen molar-refractivity contribution in [1.82, 2.24) is 0 Å². The van der Waals surface area contributed by atoms with Crippen LogP contribution in [0.5, 0.6) is 0 Å². The lowest BCUT2D eigenvalue weighted by molar-refractivity contribution is 0.862. The van der Waals surface area contributed by atoms with Gasteiger partial charge in [-0.3, -0.25) is 0 Å². The van der Waals surface area contributed by atoms with Gasteiger partial charge in [0.05, 0.1) is 0 Å². The molecule has 0 radical (unpaired) electrons. The normalized spacial score (nSPS) is 11.3. The number of aryl methyl sites for hydroxylation is 1. The van der Waals surface area contributed by atoms with Crippen LogP contribution in [0.2, 0.25) is 0 Å². The van der Waals surface area contributed by atoms with E-state index in [-0.39, 0.29) is 0 Å². The molecule has 1 aromatic carbocycles. The van der Waals surface area contributed by atoms with Crippen LogP contribution < -0.4 is 0 Å². The summed E-state index contributed by atoms with van der Waals surface area (Å²) in [5.74, 6) is 0.551. The van der Waals surface area contributed by atoms with E-state index in [1.54, 1.807) is 0 Å². The van der Waals surface area contributed by atoms with E-state index in [1.165, 1.54) is 22.3 Å². The Morgan fingerprint density at radius 2 is 1.87 bits per heavy atom. The second-order valence-corrected chi connectivity index (χ2v) is 4.16. The van der Waals surface area contributed by atoms with Gasteiger partial charge in [0, 0.05) is 0 Å². The van der Waals surface area contributed by atoms with E-state index in [9.17, 15) is 0 Å². The average molecular weight is 200 g/mol. The zero-order valence-electron chi connectivity index (χ0n) is 10.2. The Hall–Kier alpha value is -1.30. The average Bonchev–Trinajstić information content (AvgIpc) is 2.18. The fourth-order valence-corrected chi connectivity index (χ4v) is 1.89. The van der Waals surface area contributed by atoms with E-state index < -0.39 is 0 Å². The summed E-state index contributed by atoms with van der Waals surface area (Å²) in [6.07, 6.45) is 6.23. The van der Waals surface area contributed by atoms with Crippen molar-refractivity contribution in [3.05, 3.63) is 47.0 Å². The van der Waals surface area contributed by atoms with Crippen LogP contribution in [-0.4, -0.2) is 0 Å². The molecule has 0 aliphatic heterocycles. The first-order valence-corrected chi connectivity index (χ1v) is 5.50. The molecule has 0 aromatic heterocycles. The number of allylic oxidation sites excluding steroid dienone is 1. The lowest BCUT2D eigenvalue weighted by atomic mass is 9.90. The van der Waals surface area contributed by atoms with Gasteiger partial charge in [-0.2, -0.15) is 0 Å². The number of rotatable bonds is 3. The molecule has 0 amide bonds. The topological polar surface area (TPSA) is 0 Å². The Bertz CT molecular complexity index is 381. The summed E-state index contributed by atoms with van der Waals surface area (Å²) in [6, 6.07) is 4.40. The van der Waals surface area contributed by atoms with E-state index in [0.717, 1.165) is 0 Å². The summed E-state index contributed by atoms with van der Waals surface area (Å²) < 4.78 is 0. The summed E-state index contributed by atoms with van der Waals surface area (Å²) in [4.78, 5) is 0. The molecule has 80 valence electrons. The fourth-order valence-electron chi connectivity index (χ4n) is 1.89. The molecule has 0 heteroatoms. The van der Waals surface area contributed by atoms with Crippen molar-refractivity contribution in [3.63, 3.8) is 0 Å². The third kappa shape index (κ3) is 2.38. The van der Waals surface area contributed by atoms with Crippen LogP contribution in [0.4, 0.5) is 0 Å². The Kier molecular flexibility index (Phi) is 3.90. The van der Waals surface area contributed by atoms with E-state index >= 15 is 0 Å². The molecule has 0 N–H and O–H groups in total. The zero-order chi connectivity index (χ0) is 11.4. The van der Waals surface area contributed by atoms with Crippen molar-refractivity contribution in [2.75, 3.05) is 0 Å². The van der Waals surface area contributed by atoms with Crippen molar-refractivity contribution >= 4 is 12.2 Å². The fraction of sp³-hybridized carbons (Fsp3) is 0.333. The molecule has 0 saturated carbocycles. The first-order chi connectivity index (χ1) is 7.11. The number of benzene rings is 1. The molecule has 0 bridgehead atoms. The van der Waals surface area contributed by atoms with Crippen molar-refractivity contribution in [2.24, 2.45) is 0 Å². The smallest absolute Gasteiger partial charge is 0.0150 e. The third-order valence-electron chi connectivity index (χ3n) is 2.70. The maximum absolute atomic E-state index is 3.90. The van der Waals surface area contributed by atoms with Gasteiger partial charge in [0.1, 0.15) is 0 Å². The van der Waals surface area contributed by atoms with Gasteiger partial charge in [0.2, 0.25) is 0 Å². The van der Waals surface area contributed by atoms with Crippen molar-refractivity contribution < 1.29 is 0 Å². The maximum Gasteiger partial charge on any atom is -0.0150 e. The van der Waals surface area contributed by atoms with Crippen molar-refractivity contribution in [3.8, 4) is 0 Å². The Morgan fingerprint density at radius 3 is 2.33 bits per heavy atom. The van der Waals surface area contributed by atoms with Crippen LogP contribution in [0, 0.1) is 6.92 Å². The van der Waals surface area contributed by atoms with E-state index in [2.05, 4.69) is 58.6 Å². The van der Waals surface area contributed by atoms with Crippen LogP contribution in [0.1, 0.15) is 48.9 Å². The monoisotopic (exact) mass is 200 g/mol. The van der Waals surface area contributed by atoms with Crippen LogP contribution in [-0.2, 0) is 0 Å². The lowest BCUT2D eigenvalue weighted by Crippen LogP contribution is -1.96. The van der Waals surface area contributed by atoms with Gasteiger partial charge >= 0.3 is 0 Å². The third-order valence-corrected chi connectivity index (χ3v) is 2.70. The van der Waals surface area contributed by atoms with Gasteiger partial charge in [-0.15, -0.1) is 0 Å². The predicted molar refractivity (Wildman–Crippen MR) is 70.1 cm³/mol. The van der Waals surface area contributed by atoms with Gasteiger partial charge in [0.15, 0.2) is 0 Å². The summed E-state index contributed by atoms with van der Waals surface area (Å²) in [5.41, 5.74) is 5.28. The first kappa shape index (κ1) is 11.8. The van der Waals surface area contributed by atoms with Crippen molar-refractivity contribution in [1.29, 1.82) is 0 Å². The Balaban J connectivity index is 3.48. The molecular weight excluding hydrogens is 180 g/mol. The molecule has 0 unspecified atom stereocenters. The Labute approximate surface area is 93.3 Å².